The first-order chi connectivity index (χ1) is 15.0. The molecule has 0 aliphatic carbocycles. The van der Waals surface area contributed by atoms with Crippen LogP contribution in [-0.4, -0.2) is 51.6 Å². The van der Waals surface area contributed by atoms with Gasteiger partial charge in [0.15, 0.2) is 5.57 Å². The van der Waals surface area contributed by atoms with Crippen molar-refractivity contribution in [1.29, 1.82) is 15.8 Å². The summed E-state index contributed by atoms with van der Waals surface area (Å²) in [5.41, 5.74) is -0.826. The molecule has 0 atom stereocenters. The van der Waals surface area contributed by atoms with Gasteiger partial charge >= 0.3 is 0 Å². The molecule has 1 N–H and O–H groups in total. The number of aryl methyl sites for hydroxylation is 1. The molecule has 0 unspecified atom stereocenters. The van der Waals surface area contributed by atoms with Crippen molar-refractivity contribution in [2.24, 2.45) is 0 Å². The molecule has 0 aromatic heterocycles. The molecule has 1 rings (SSSR count). The minimum Gasteiger partial charge on any atom is -0.344 e. The van der Waals surface area contributed by atoms with Crippen LogP contribution in [0.15, 0.2) is 33.2 Å². The van der Waals surface area contributed by atoms with Crippen LogP contribution in [0.25, 0.3) is 0 Å². The van der Waals surface area contributed by atoms with Gasteiger partial charge in [-0.1, -0.05) is 27.7 Å². The van der Waals surface area contributed by atoms with Crippen LogP contribution >= 0.6 is 0 Å². The highest BCUT2D eigenvalue weighted by atomic mass is 32.2. The Kier molecular flexibility index (Phi) is 9.37. The first-order valence-electron chi connectivity index (χ1n) is 9.86. The van der Waals surface area contributed by atoms with E-state index in [2.05, 4.69) is 5.32 Å². The molecule has 1 aromatic carbocycles. The Morgan fingerprint density at radius 2 is 1.31 bits per heavy atom. The minimum atomic E-state index is -4.18. The van der Waals surface area contributed by atoms with Crippen molar-refractivity contribution < 1.29 is 16.8 Å². The maximum absolute atomic E-state index is 13.4. The third-order valence-electron chi connectivity index (χ3n) is 4.77. The lowest BCUT2D eigenvalue weighted by molar-refractivity contribution is 0.443. The molecule has 0 fully saturated rings. The number of nitrogens with zero attached hydrogens (tertiary/aromatic N) is 5. The van der Waals surface area contributed by atoms with E-state index in [4.69, 9.17) is 10.5 Å². The van der Waals surface area contributed by atoms with E-state index in [0.717, 1.165) is 10.4 Å². The zero-order valence-electron chi connectivity index (χ0n) is 18.7. The second-order valence-electron chi connectivity index (χ2n) is 6.50. The molecule has 0 spiro atoms. The van der Waals surface area contributed by atoms with Gasteiger partial charge in [0.05, 0.1) is 10.6 Å². The Morgan fingerprint density at radius 1 is 0.844 bits per heavy atom. The van der Waals surface area contributed by atoms with Crippen molar-refractivity contribution >= 4 is 25.7 Å². The lowest BCUT2D eigenvalue weighted by Gasteiger charge is -2.24. The fourth-order valence-electron chi connectivity index (χ4n) is 3.06. The van der Waals surface area contributed by atoms with Crippen LogP contribution in [0.2, 0.25) is 0 Å². The number of nitriles is 3. The third kappa shape index (κ3) is 5.26. The second-order valence-corrected chi connectivity index (χ2v) is 10.3. The number of anilines is 1. The number of sulfonamides is 2. The van der Waals surface area contributed by atoms with Gasteiger partial charge in [0.1, 0.15) is 28.8 Å². The van der Waals surface area contributed by atoms with Crippen molar-refractivity contribution in [1.82, 2.24) is 8.61 Å². The van der Waals surface area contributed by atoms with E-state index in [1.54, 1.807) is 45.9 Å². The second kappa shape index (κ2) is 11.1. The summed E-state index contributed by atoms with van der Waals surface area (Å²) in [6.45, 7) is 8.77. The van der Waals surface area contributed by atoms with Gasteiger partial charge in [0.2, 0.25) is 20.0 Å². The van der Waals surface area contributed by atoms with Gasteiger partial charge in [-0.15, -0.1) is 0 Å². The number of nitrogens with one attached hydrogen (secondary N) is 1. The highest BCUT2D eigenvalue weighted by Crippen LogP contribution is 2.33. The molecule has 0 bridgehead atoms. The first-order valence-corrected chi connectivity index (χ1v) is 12.7. The Hall–Kier alpha value is -2.95. The molecule has 172 valence electrons. The van der Waals surface area contributed by atoms with Gasteiger partial charge in [0, 0.05) is 26.2 Å². The molecular weight excluding hydrogens is 452 g/mol. The number of allylic oxidation sites excluding steroid dienone is 2. The smallest absolute Gasteiger partial charge is 0.245 e. The number of rotatable bonds is 10. The molecule has 10 nitrogen and oxygen atoms in total. The molecule has 0 amide bonds. The Balaban J connectivity index is 4.03. The molecule has 0 saturated carbocycles. The Bertz CT molecular complexity index is 1210. The van der Waals surface area contributed by atoms with E-state index in [-0.39, 0.29) is 47.2 Å². The average Bonchev–Trinajstić information content (AvgIpc) is 2.75. The predicted octanol–water partition coefficient (Wildman–Crippen LogP) is 2.29. The van der Waals surface area contributed by atoms with Crippen molar-refractivity contribution in [3.8, 4) is 18.2 Å². The maximum atomic E-state index is 13.4. The van der Waals surface area contributed by atoms with Gasteiger partial charge in [0.25, 0.3) is 0 Å². The monoisotopic (exact) mass is 478 g/mol. The summed E-state index contributed by atoms with van der Waals surface area (Å²) >= 11 is 0. The lowest BCUT2D eigenvalue weighted by atomic mass is 10.1. The molecule has 0 saturated heterocycles. The van der Waals surface area contributed by atoms with Crippen molar-refractivity contribution in [2.45, 2.75) is 44.4 Å². The van der Waals surface area contributed by atoms with Crippen LogP contribution in [0.4, 0.5) is 5.69 Å². The van der Waals surface area contributed by atoms with Crippen molar-refractivity contribution in [3.05, 3.63) is 29.0 Å². The SMILES string of the molecule is CCN(CC)S(=O)(=O)c1cc(C)c(NC(C#N)=C(C#N)C#N)c(S(=O)(=O)N(CC)CC)c1. The molecule has 12 heteroatoms. The molecule has 0 radical (unpaired) electrons. The van der Waals surface area contributed by atoms with Crippen LogP contribution in [0.3, 0.4) is 0 Å². The Morgan fingerprint density at radius 3 is 1.72 bits per heavy atom. The topological polar surface area (TPSA) is 158 Å². The van der Waals surface area contributed by atoms with Crippen LogP contribution in [0, 0.1) is 40.9 Å². The Labute approximate surface area is 190 Å². The van der Waals surface area contributed by atoms with Crippen LogP contribution in [0.5, 0.6) is 0 Å². The van der Waals surface area contributed by atoms with E-state index in [9.17, 15) is 22.1 Å². The standard InChI is InChI=1S/C20H26N6O4S2/c1-6-25(7-2)31(27,28)17-10-15(5)20(24-18(14-23)16(12-21)13-22)19(11-17)32(29,30)26(8-3)9-4/h10-11,24H,6-9H2,1-5H3. The predicted molar refractivity (Wildman–Crippen MR) is 119 cm³/mol. The van der Waals surface area contributed by atoms with Crippen molar-refractivity contribution in [3.63, 3.8) is 0 Å². The lowest BCUT2D eigenvalue weighted by Crippen LogP contribution is -2.33. The van der Waals surface area contributed by atoms with Gasteiger partial charge in [-0.25, -0.2) is 16.8 Å². The van der Waals surface area contributed by atoms with E-state index in [1.807, 2.05) is 0 Å². The molecule has 1 aromatic rings. The fourth-order valence-corrected chi connectivity index (χ4v) is 6.41. The zero-order chi connectivity index (χ0) is 24.7. The van der Waals surface area contributed by atoms with Crippen LogP contribution in [-0.2, 0) is 20.0 Å². The highest BCUT2D eigenvalue weighted by Gasteiger charge is 2.31. The summed E-state index contributed by atoms with van der Waals surface area (Å²) in [6.07, 6.45) is 0. The van der Waals surface area contributed by atoms with Gasteiger partial charge in [-0.3, -0.25) is 0 Å². The number of hydrogen-bond acceptors (Lipinski definition) is 8. The molecule has 0 aliphatic rings. The van der Waals surface area contributed by atoms with E-state index in [1.165, 1.54) is 17.3 Å². The quantitative estimate of drug-likeness (QED) is 0.502. The first kappa shape index (κ1) is 27.1. The van der Waals surface area contributed by atoms with E-state index >= 15 is 0 Å². The van der Waals surface area contributed by atoms with Gasteiger partial charge < -0.3 is 5.32 Å². The third-order valence-corrected chi connectivity index (χ3v) is 8.88. The summed E-state index contributed by atoms with van der Waals surface area (Å²) in [5.74, 6) is 0. The fraction of sp³-hybridized carbons (Fsp3) is 0.450. The molecule has 0 aliphatic heterocycles. The molecule has 32 heavy (non-hydrogen) atoms. The zero-order valence-corrected chi connectivity index (χ0v) is 20.3. The van der Waals surface area contributed by atoms with E-state index in [0.29, 0.717) is 0 Å². The van der Waals surface area contributed by atoms with Crippen LogP contribution in [0.1, 0.15) is 33.3 Å². The van der Waals surface area contributed by atoms with Gasteiger partial charge in [-0.2, -0.15) is 24.4 Å². The van der Waals surface area contributed by atoms with Crippen LogP contribution < -0.4 is 5.32 Å². The highest BCUT2D eigenvalue weighted by molar-refractivity contribution is 7.90. The molecular formula is C20H26N6O4S2. The summed E-state index contributed by atoms with van der Waals surface area (Å²) in [4.78, 5) is -0.576. The summed E-state index contributed by atoms with van der Waals surface area (Å²) in [7, 11) is -8.16. The minimum absolute atomic E-state index is 0.0741. The largest absolute Gasteiger partial charge is 0.344 e. The number of benzene rings is 1. The normalized spacial score (nSPS) is 11.5. The van der Waals surface area contributed by atoms with Crippen molar-refractivity contribution in [2.75, 3.05) is 31.5 Å². The summed E-state index contributed by atoms with van der Waals surface area (Å²) < 4.78 is 55.3. The van der Waals surface area contributed by atoms with E-state index < -0.39 is 31.3 Å². The maximum Gasteiger partial charge on any atom is 0.245 e. The number of hydrogen-bond donors (Lipinski definition) is 1. The summed E-state index contributed by atoms with van der Waals surface area (Å²) in [6, 6.07) is 7.19. The molecule has 0 heterocycles. The summed E-state index contributed by atoms with van der Waals surface area (Å²) in [5, 5.41) is 30.2. The average molecular weight is 479 g/mol. The van der Waals surface area contributed by atoms with Gasteiger partial charge in [-0.05, 0) is 24.6 Å².